The molecule has 0 fully saturated rings. The van der Waals surface area contributed by atoms with E-state index in [2.05, 4.69) is 10.3 Å². The van der Waals surface area contributed by atoms with E-state index in [0.717, 1.165) is 5.56 Å². The molecule has 0 atom stereocenters. The van der Waals surface area contributed by atoms with Crippen molar-refractivity contribution in [2.75, 3.05) is 14.2 Å². The number of halogens is 1. The molecule has 0 aliphatic rings. The van der Waals surface area contributed by atoms with Gasteiger partial charge in [-0.3, -0.25) is 4.79 Å². The fourth-order valence-electron chi connectivity index (χ4n) is 2.70. The molecule has 8 heteroatoms. The fourth-order valence-corrected chi connectivity index (χ4v) is 3.52. The third-order valence-corrected chi connectivity index (χ3v) is 5.06. The van der Waals surface area contributed by atoms with Crippen molar-refractivity contribution >= 4 is 23.2 Å². The van der Waals surface area contributed by atoms with Gasteiger partial charge >= 0.3 is 5.97 Å². The van der Waals surface area contributed by atoms with Crippen LogP contribution in [0.25, 0.3) is 10.6 Å². The highest BCUT2D eigenvalue weighted by Gasteiger charge is 2.14. The molecule has 0 saturated carbocycles. The largest absolute Gasteiger partial charge is 0.496 e. The average Bonchev–Trinajstić information content (AvgIpc) is 3.20. The van der Waals surface area contributed by atoms with E-state index in [1.54, 1.807) is 35.7 Å². The van der Waals surface area contributed by atoms with E-state index in [0.29, 0.717) is 27.6 Å². The Bertz CT molecular complexity index is 1040. The molecule has 0 aliphatic heterocycles. The number of ether oxygens (including phenoxy) is 2. The molecule has 1 amide bonds. The number of esters is 1. The van der Waals surface area contributed by atoms with Crippen LogP contribution in [0.3, 0.4) is 0 Å². The molecular formula is C21H19FN2O4S. The second-order valence-corrected chi connectivity index (χ2v) is 6.99. The summed E-state index contributed by atoms with van der Waals surface area (Å²) in [4.78, 5) is 28.5. The topological polar surface area (TPSA) is 77.5 Å². The number of hydrogen-bond donors (Lipinski definition) is 1. The Labute approximate surface area is 171 Å². The van der Waals surface area contributed by atoms with Gasteiger partial charge in [-0.2, -0.15) is 0 Å². The molecule has 6 nitrogen and oxygen atoms in total. The van der Waals surface area contributed by atoms with E-state index in [9.17, 15) is 14.0 Å². The van der Waals surface area contributed by atoms with Gasteiger partial charge in [0.25, 0.3) is 0 Å². The molecule has 1 aromatic heterocycles. The Morgan fingerprint density at radius 3 is 2.72 bits per heavy atom. The monoisotopic (exact) mass is 414 g/mol. The lowest BCUT2D eigenvalue weighted by Crippen LogP contribution is -2.24. The zero-order valence-electron chi connectivity index (χ0n) is 15.9. The molecule has 0 aliphatic carbocycles. The molecular weight excluding hydrogens is 395 g/mol. The second-order valence-electron chi connectivity index (χ2n) is 6.13. The predicted molar refractivity (Wildman–Crippen MR) is 107 cm³/mol. The van der Waals surface area contributed by atoms with Crippen molar-refractivity contribution in [2.45, 2.75) is 13.0 Å². The van der Waals surface area contributed by atoms with Gasteiger partial charge in [0.1, 0.15) is 22.1 Å². The van der Waals surface area contributed by atoms with Gasteiger partial charge in [0, 0.05) is 17.5 Å². The molecule has 150 valence electrons. The van der Waals surface area contributed by atoms with Crippen LogP contribution in [0.2, 0.25) is 0 Å². The summed E-state index contributed by atoms with van der Waals surface area (Å²) in [5, 5.41) is 5.24. The lowest BCUT2D eigenvalue weighted by atomic mass is 10.1. The van der Waals surface area contributed by atoms with Gasteiger partial charge in [0.2, 0.25) is 5.91 Å². The molecule has 0 spiro atoms. The molecule has 3 aromatic rings. The Morgan fingerprint density at radius 2 is 2.00 bits per heavy atom. The van der Waals surface area contributed by atoms with Crippen LogP contribution in [0, 0.1) is 5.82 Å². The maximum atomic E-state index is 13.4. The minimum absolute atomic E-state index is 0.103. The number of aromatic nitrogens is 1. The van der Waals surface area contributed by atoms with Gasteiger partial charge in [-0.05, 0) is 29.8 Å². The minimum atomic E-state index is -0.512. The van der Waals surface area contributed by atoms with E-state index in [1.165, 1.54) is 37.7 Å². The number of amides is 1. The van der Waals surface area contributed by atoms with Crippen molar-refractivity contribution in [1.29, 1.82) is 0 Å². The van der Waals surface area contributed by atoms with Crippen LogP contribution in [-0.4, -0.2) is 31.1 Å². The quantitative estimate of drug-likeness (QED) is 0.598. The van der Waals surface area contributed by atoms with Crippen molar-refractivity contribution in [3.05, 3.63) is 70.5 Å². The molecule has 0 unspecified atom stereocenters. The van der Waals surface area contributed by atoms with Gasteiger partial charge in [-0.15, -0.1) is 11.3 Å². The first-order valence-electron chi connectivity index (χ1n) is 8.72. The number of rotatable bonds is 7. The highest BCUT2D eigenvalue weighted by Crippen LogP contribution is 2.24. The predicted octanol–water partition coefficient (Wildman–Crippen LogP) is 3.60. The molecule has 0 saturated heterocycles. The maximum absolute atomic E-state index is 13.4. The maximum Gasteiger partial charge on any atom is 0.341 e. The van der Waals surface area contributed by atoms with Gasteiger partial charge in [-0.25, -0.2) is 14.2 Å². The number of carbonyl (C=O) groups excluding carboxylic acids is 2. The molecule has 29 heavy (non-hydrogen) atoms. The van der Waals surface area contributed by atoms with E-state index >= 15 is 0 Å². The summed E-state index contributed by atoms with van der Waals surface area (Å²) >= 11 is 1.36. The van der Waals surface area contributed by atoms with Gasteiger partial charge < -0.3 is 14.8 Å². The SMILES string of the molecule is COC(=O)c1cc(CNC(=O)Cc2csc(-c3cccc(F)c3)n2)ccc1OC. The van der Waals surface area contributed by atoms with Gasteiger partial charge in [0.05, 0.1) is 26.3 Å². The number of methoxy groups -OCH3 is 2. The van der Waals surface area contributed by atoms with E-state index in [1.807, 2.05) is 0 Å². The summed E-state index contributed by atoms with van der Waals surface area (Å²) in [6.07, 6.45) is 0.103. The third-order valence-electron chi connectivity index (χ3n) is 4.12. The van der Waals surface area contributed by atoms with Crippen molar-refractivity contribution in [1.82, 2.24) is 10.3 Å². The highest BCUT2D eigenvalue weighted by molar-refractivity contribution is 7.13. The molecule has 1 N–H and O–H groups in total. The zero-order valence-corrected chi connectivity index (χ0v) is 16.7. The van der Waals surface area contributed by atoms with Crippen LogP contribution in [0.15, 0.2) is 47.8 Å². The summed E-state index contributed by atoms with van der Waals surface area (Å²) in [6.45, 7) is 0.244. The van der Waals surface area contributed by atoms with Gasteiger partial charge in [-0.1, -0.05) is 18.2 Å². The van der Waals surface area contributed by atoms with Crippen molar-refractivity contribution in [3.63, 3.8) is 0 Å². The highest BCUT2D eigenvalue weighted by atomic mass is 32.1. The smallest absolute Gasteiger partial charge is 0.341 e. The number of nitrogens with one attached hydrogen (secondary N) is 1. The number of carbonyl (C=O) groups is 2. The summed E-state index contributed by atoms with van der Waals surface area (Å²) in [7, 11) is 2.76. The average molecular weight is 414 g/mol. The number of hydrogen-bond acceptors (Lipinski definition) is 6. The van der Waals surface area contributed by atoms with Gasteiger partial charge in [0.15, 0.2) is 0 Å². The van der Waals surface area contributed by atoms with Crippen molar-refractivity contribution in [2.24, 2.45) is 0 Å². The third kappa shape index (κ3) is 5.17. The van der Waals surface area contributed by atoms with Crippen LogP contribution in [0.5, 0.6) is 5.75 Å². The Hall–Kier alpha value is -3.26. The van der Waals surface area contributed by atoms with Crippen LogP contribution in [-0.2, 0) is 22.5 Å². The lowest BCUT2D eigenvalue weighted by Gasteiger charge is -2.10. The Balaban J connectivity index is 1.61. The zero-order chi connectivity index (χ0) is 20.8. The number of nitrogens with zero attached hydrogens (tertiary/aromatic N) is 1. The number of thiazole rings is 1. The summed E-state index contributed by atoms with van der Waals surface area (Å²) in [5.74, 6) is -0.652. The van der Waals surface area contributed by atoms with E-state index in [-0.39, 0.29) is 24.7 Å². The first-order chi connectivity index (χ1) is 14.0. The molecule has 0 bridgehead atoms. The van der Waals surface area contributed by atoms with E-state index < -0.39 is 5.97 Å². The van der Waals surface area contributed by atoms with Crippen molar-refractivity contribution < 1.29 is 23.5 Å². The van der Waals surface area contributed by atoms with E-state index in [4.69, 9.17) is 9.47 Å². The standard InChI is InChI=1S/C21H19FN2O4S/c1-27-18-7-6-13(8-17(18)21(26)28-2)11-23-19(25)10-16-12-29-20(24-16)14-4-3-5-15(22)9-14/h3-9,12H,10-11H2,1-2H3,(H,23,25). The normalized spacial score (nSPS) is 10.4. The molecule has 0 radical (unpaired) electrons. The second kappa shape index (κ2) is 9.29. The first-order valence-corrected chi connectivity index (χ1v) is 9.60. The first kappa shape index (κ1) is 20.5. The van der Waals surface area contributed by atoms with Crippen LogP contribution < -0.4 is 10.1 Å². The summed E-state index contributed by atoms with van der Waals surface area (Å²) in [5.41, 5.74) is 2.31. The van der Waals surface area contributed by atoms with Crippen LogP contribution in [0.4, 0.5) is 4.39 Å². The lowest BCUT2D eigenvalue weighted by molar-refractivity contribution is -0.120. The van der Waals surface area contributed by atoms with Crippen molar-refractivity contribution in [3.8, 4) is 16.3 Å². The van der Waals surface area contributed by atoms with Crippen LogP contribution in [0.1, 0.15) is 21.6 Å². The van der Waals surface area contributed by atoms with Crippen LogP contribution >= 0.6 is 11.3 Å². The Kier molecular flexibility index (Phi) is 6.56. The summed E-state index contributed by atoms with van der Waals surface area (Å²) in [6, 6.07) is 11.2. The molecule has 1 heterocycles. The number of benzene rings is 2. The molecule has 3 rings (SSSR count). The molecule has 2 aromatic carbocycles. The Morgan fingerprint density at radius 1 is 1.17 bits per heavy atom. The summed E-state index contributed by atoms with van der Waals surface area (Å²) < 4.78 is 23.3. The minimum Gasteiger partial charge on any atom is -0.496 e. The fraction of sp³-hybridized carbons (Fsp3) is 0.190.